The Hall–Kier alpha value is -1.38. The third-order valence-electron chi connectivity index (χ3n) is 2.25. The maximum absolute atomic E-state index is 4.51. The quantitative estimate of drug-likeness (QED) is 0.634. The highest BCUT2D eigenvalue weighted by Crippen LogP contribution is 2.21. The molecule has 0 aliphatic rings. The summed E-state index contributed by atoms with van der Waals surface area (Å²) in [4.78, 5) is 4.22. The third kappa shape index (κ3) is 1.39. The van der Waals surface area contributed by atoms with Crippen molar-refractivity contribution in [1.82, 2.24) is 14.6 Å². The highest BCUT2D eigenvalue weighted by molar-refractivity contribution is 5.41. The Labute approximate surface area is 83.8 Å². The molecule has 0 fully saturated rings. The minimum atomic E-state index is 0.0696. The van der Waals surface area contributed by atoms with Gasteiger partial charge in [-0.2, -0.15) is 5.10 Å². The SMILES string of the molecule is Cc1[c]cnc2cc(C(C)(C)C)nn12. The number of nitrogens with zero attached hydrogens (tertiary/aromatic N) is 3. The predicted molar refractivity (Wildman–Crippen MR) is 55.3 cm³/mol. The smallest absolute Gasteiger partial charge is 0.155 e. The van der Waals surface area contributed by atoms with E-state index in [2.05, 4.69) is 36.9 Å². The number of aryl methyl sites for hydroxylation is 1. The number of fused-ring (bicyclic) bond motifs is 1. The van der Waals surface area contributed by atoms with Crippen molar-refractivity contribution >= 4 is 5.65 Å². The summed E-state index contributed by atoms with van der Waals surface area (Å²) >= 11 is 0. The summed E-state index contributed by atoms with van der Waals surface area (Å²) in [5.74, 6) is 0. The van der Waals surface area contributed by atoms with E-state index in [4.69, 9.17) is 0 Å². The molecule has 0 saturated carbocycles. The normalized spacial score (nSPS) is 12.3. The van der Waals surface area contributed by atoms with Gasteiger partial charge in [0.2, 0.25) is 0 Å². The lowest BCUT2D eigenvalue weighted by molar-refractivity contribution is 0.561. The summed E-state index contributed by atoms with van der Waals surface area (Å²) in [6.07, 6.45) is 1.69. The first-order valence-electron chi connectivity index (χ1n) is 4.72. The molecule has 1 radical (unpaired) electrons. The summed E-state index contributed by atoms with van der Waals surface area (Å²) in [5.41, 5.74) is 3.02. The van der Waals surface area contributed by atoms with Crippen molar-refractivity contribution in [1.29, 1.82) is 0 Å². The summed E-state index contributed by atoms with van der Waals surface area (Å²) in [5, 5.41) is 4.51. The first-order valence-corrected chi connectivity index (χ1v) is 4.72. The van der Waals surface area contributed by atoms with Crippen LogP contribution >= 0.6 is 0 Å². The molecular weight excluding hydrogens is 174 g/mol. The van der Waals surface area contributed by atoms with Crippen LogP contribution < -0.4 is 0 Å². The standard InChI is InChI=1S/C11H14N3/c1-8-5-6-12-10-7-9(11(2,3)4)13-14(8)10/h6-7H,1-4H3. The Bertz CT molecular complexity index is 463. The van der Waals surface area contributed by atoms with Crippen LogP contribution in [0.5, 0.6) is 0 Å². The van der Waals surface area contributed by atoms with Gasteiger partial charge < -0.3 is 0 Å². The molecule has 2 heterocycles. The van der Waals surface area contributed by atoms with Gasteiger partial charge >= 0.3 is 0 Å². The average molecular weight is 188 g/mol. The van der Waals surface area contributed by atoms with Gasteiger partial charge in [0.15, 0.2) is 5.65 Å². The summed E-state index contributed by atoms with van der Waals surface area (Å²) in [6.45, 7) is 8.42. The van der Waals surface area contributed by atoms with Gasteiger partial charge in [0.05, 0.1) is 11.4 Å². The zero-order valence-corrected chi connectivity index (χ0v) is 9.00. The molecule has 2 aromatic rings. The Balaban J connectivity index is 2.69. The molecule has 0 N–H and O–H groups in total. The first-order chi connectivity index (χ1) is 6.48. The number of hydrogen-bond donors (Lipinski definition) is 0. The third-order valence-corrected chi connectivity index (χ3v) is 2.25. The summed E-state index contributed by atoms with van der Waals surface area (Å²) < 4.78 is 1.83. The van der Waals surface area contributed by atoms with E-state index >= 15 is 0 Å². The zero-order chi connectivity index (χ0) is 10.3. The van der Waals surface area contributed by atoms with Gasteiger partial charge in [-0.25, -0.2) is 9.50 Å². The van der Waals surface area contributed by atoms with E-state index < -0.39 is 0 Å². The molecule has 0 aromatic carbocycles. The van der Waals surface area contributed by atoms with Crippen molar-refractivity contribution in [3.8, 4) is 0 Å². The molecule has 0 spiro atoms. The maximum Gasteiger partial charge on any atom is 0.155 e. The monoisotopic (exact) mass is 188 g/mol. The lowest BCUT2D eigenvalue weighted by Crippen LogP contribution is -2.12. The first kappa shape index (κ1) is 9.19. The molecule has 2 rings (SSSR count). The van der Waals surface area contributed by atoms with E-state index in [0.717, 1.165) is 17.0 Å². The van der Waals surface area contributed by atoms with E-state index in [1.165, 1.54) is 0 Å². The second kappa shape index (κ2) is 2.80. The predicted octanol–water partition coefficient (Wildman–Crippen LogP) is 2.14. The molecule has 0 saturated heterocycles. The lowest BCUT2D eigenvalue weighted by Gasteiger charge is -2.13. The van der Waals surface area contributed by atoms with Crippen LogP contribution in [0.4, 0.5) is 0 Å². The molecule has 0 aliphatic heterocycles. The van der Waals surface area contributed by atoms with E-state index in [1.807, 2.05) is 17.5 Å². The van der Waals surface area contributed by atoms with Gasteiger partial charge in [-0.3, -0.25) is 0 Å². The van der Waals surface area contributed by atoms with Crippen molar-refractivity contribution in [2.75, 3.05) is 0 Å². The van der Waals surface area contributed by atoms with Crippen LogP contribution in [0.25, 0.3) is 5.65 Å². The van der Waals surface area contributed by atoms with Crippen LogP contribution in [0.2, 0.25) is 0 Å². The van der Waals surface area contributed by atoms with Crippen molar-refractivity contribution < 1.29 is 0 Å². The molecule has 0 bridgehead atoms. The molecule has 0 unspecified atom stereocenters. The van der Waals surface area contributed by atoms with Gasteiger partial charge in [0.1, 0.15) is 0 Å². The highest BCUT2D eigenvalue weighted by Gasteiger charge is 2.18. The van der Waals surface area contributed by atoms with E-state index in [1.54, 1.807) is 6.20 Å². The molecular formula is C11H14N3. The fourth-order valence-electron chi connectivity index (χ4n) is 1.33. The number of hydrogen-bond acceptors (Lipinski definition) is 2. The van der Waals surface area contributed by atoms with Gasteiger partial charge in [0, 0.05) is 23.7 Å². The maximum atomic E-state index is 4.51. The second-order valence-electron chi connectivity index (χ2n) is 4.54. The minimum absolute atomic E-state index is 0.0696. The topological polar surface area (TPSA) is 30.2 Å². The minimum Gasteiger partial charge on any atom is -0.236 e. The zero-order valence-electron chi connectivity index (χ0n) is 9.00. The Morgan fingerprint density at radius 2 is 2.07 bits per heavy atom. The largest absolute Gasteiger partial charge is 0.236 e. The van der Waals surface area contributed by atoms with Crippen molar-refractivity contribution in [2.24, 2.45) is 0 Å². The van der Waals surface area contributed by atoms with E-state index in [0.29, 0.717) is 0 Å². The van der Waals surface area contributed by atoms with Crippen LogP contribution in [-0.4, -0.2) is 14.6 Å². The molecule has 0 amide bonds. The van der Waals surface area contributed by atoms with Crippen LogP contribution in [0.1, 0.15) is 32.2 Å². The highest BCUT2D eigenvalue weighted by atomic mass is 15.3. The number of aromatic nitrogens is 3. The Kier molecular flexibility index (Phi) is 1.84. The second-order valence-corrected chi connectivity index (χ2v) is 4.54. The van der Waals surface area contributed by atoms with Crippen molar-refractivity contribution in [3.63, 3.8) is 0 Å². The van der Waals surface area contributed by atoms with Crippen LogP contribution in [0, 0.1) is 13.0 Å². The lowest BCUT2D eigenvalue weighted by atomic mass is 9.93. The number of rotatable bonds is 0. The molecule has 3 heteroatoms. The van der Waals surface area contributed by atoms with Crippen molar-refractivity contribution in [3.05, 3.63) is 29.7 Å². The molecule has 0 aliphatic carbocycles. The summed E-state index contributed by atoms with van der Waals surface area (Å²) in [6, 6.07) is 5.06. The summed E-state index contributed by atoms with van der Waals surface area (Å²) in [7, 11) is 0. The van der Waals surface area contributed by atoms with Gasteiger partial charge in [0.25, 0.3) is 0 Å². The van der Waals surface area contributed by atoms with Gasteiger partial charge in [-0.05, 0) is 6.92 Å². The molecule has 73 valence electrons. The fourth-order valence-corrected chi connectivity index (χ4v) is 1.33. The van der Waals surface area contributed by atoms with Gasteiger partial charge in [-0.1, -0.05) is 20.8 Å². The molecule has 3 nitrogen and oxygen atoms in total. The Morgan fingerprint density at radius 3 is 2.64 bits per heavy atom. The molecule has 14 heavy (non-hydrogen) atoms. The Morgan fingerprint density at radius 1 is 1.36 bits per heavy atom. The van der Waals surface area contributed by atoms with Crippen LogP contribution in [-0.2, 0) is 5.41 Å². The van der Waals surface area contributed by atoms with E-state index in [9.17, 15) is 0 Å². The van der Waals surface area contributed by atoms with Crippen LogP contribution in [0.3, 0.4) is 0 Å². The van der Waals surface area contributed by atoms with Crippen molar-refractivity contribution in [2.45, 2.75) is 33.1 Å². The molecule has 2 aromatic heterocycles. The molecule has 0 atom stereocenters. The fraction of sp³-hybridized carbons (Fsp3) is 0.455. The average Bonchev–Trinajstić information content (AvgIpc) is 2.48. The van der Waals surface area contributed by atoms with Crippen LogP contribution in [0.15, 0.2) is 12.3 Å². The van der Waals surface area contributed by atoms with E-state index in [-0.39, 0.29) is 5.41 Å². The van der Waals surface area contributed by atoms with Gasteiger partial charge in [-0.15, -0.1) is 0 Å².